The van der Waals surface area contributed by atoms with E-state index >= 15 is 0 Å². The lowest BCUT2D eigenvalue weighted by Gasteiger charge is -2.06. The number of rotatable bonds is 2. The van der Waals surface area contributed by atoms with Gasteiger partial charge in [0.1, 0.15) is 18.4 Å². The topological polar surface area (TPSA) is 63.3 Å². The van der Waals surface area contributed by atoms with Crippen LogP contribution in [0.5, 0.6) is 5.75 Å². The minimum atomic E-state index is 0.204. The highest BCUT2D eigenvalue weighted by atomic mass is 79.9. The monoisotopic (exact) mass is 316 g/mol. The summed E-state index contributed by atoms with van der Waals surface area (Å²) in [4.78, 5) is 0. The van der Waals surface area contributed by atoms with Gasteiger partial charge in [-0.05, 0) is 11.5 Å². The minimum Gasteiger partial charge on any atom is -0.507 e. The third kappa shape index (κ3) is 2.22. The molecular formula is C13H9BrN4O. The minimum absolute atomic E-state index is 0.204. The average Bonchev–Trinajstić information content (AvgIpc) is 2.95. The SMILES string of the molecule is Oc1c(C=Nn2cnnc2)cc(Br)c2ccccc12. The molecule has 1 heterocycles. The molecule has 0 radical (unpaired) electrons. The Labute approximate surface area is 117 Å². The van der Waals surface area contributed by atoms with Crippen molar-refractivity contribution < 1.29 is 5.11 Å². The van der Waals surface area contributed by atoms with Gasteiger partial charge in [-0.15, -0.1) is 10.2 Å². The Balaban J connectivity index is 2.12. The van der Waals surface area contributed by atoms with E-state index in [0.29, 0.717) is 5.56 Å². The zero-order valence-corrected chi connectivity index (χ0v) is 11.3. The molecule has 94 valence electrons. The van der Waals surface area contributed by atoms with Crippen LogP contribution in [0.25, 0.3) is 10.8 Å². The zero-order valence-electron chi connectivity index (χ0n) is 9.73. The van der Waals surface area contributed by atoms with E-state index < -0.39 is 0 Å². The van der Waals surface area contributed by atoms with Crippen LogP contribution in [0.3, 0.4) is 0 Å². The van der Waals surface area contributed by atoms with E-state index in [2.05, 4.69) is 31.2 Å². The fourth-order valence-corrected chi connectivity index (χ4v) is 2.41. The summed E-state index contributed by atoms with van der Waals surface area (Å²) in [7, 11) is 0. The Bertz CT molecular complexity index is 753. The first kappa shape index (κ1) is 11.9. The van der Waals surface area contributed by atoms with Gasteiger partial charge in [-0.25, -0.2) is 4.68 Å². The number of benzene rings is 2. The van der Waals surface area contributed by atoms with Crippen molar-refractivity contribution in [2.45, 2.75) is 0 Å². The molecule has 0 aliphatic rings. The van der Waals surface area contributed by atoms with Gasteiger partial charge in [0.15, 0.2) is 0 Å². The van der Waals surface area contributed by atoms with E-state index in [0.717, 1.165) is 15.2 Å². The number of nitrogens with zero attached hydrogens (tertiary/aromatic N) is 4. The Morgan fingerprint density at radius 2 is 1.84 bits per heavy atom. The van der Waals surface area contributed by atoms with Gasteiger partial charge in [-0.1, -0.05) is 40.2 Å². The molecule has 0 saturated carbocycles. The highest BCUT2D eigenvalue weighted by Crippen LogP contribution is 2.33. The van der Waals surface area contributed by atoms with Crippen molar-refractivity contribution >= 4 is 32.9 Å². The fourth-order valence-electron chi connectivity index (χ4n) is 1.82. The molecule has 0 bridgehead atoms. The Morgan fingerprint density at radius 1 is 1.16 bits per heavy atom. The summed E-state index contributed by atoms with van der Waals surface area (Å²) in [5, 5.41) is 23.4. The molecule has 0 aliphatic heterocycles. The van der Waals surface area contributed by atoms with Crippen LogP contribution in [0.1, 0.15) is 5.56 Å². The lowest BCUT2D eigenvalue weighted by atomic mass is 10.1. The van der Waals surface area contributed by atoms with Crippen molar-refractivity contribution in [2.24, 2.45) is 5.10 Å². The number of aromatic hydroxyl groups is 1. The molecule has 19 heavy (non-hydrogen) atoms. The van der Waals surface area contributed by atoms with E-state index in [9.17, 15) is 5.11 Å². The van der Waals surface area contributed by atoms with Crippen LogP contribution in [0.4, 0.5) is 0 Å². The largest absolute Gasteiger partial charge is 0.507 e. The second kappa shape index (κ2) is 4.81. The van der Waals surface area contributed by atoms with E-state index in [4.69, 9.17) is 0 Å². The first-order valence-electron chi connectivity index (χ1n) is 5.55. The Kier molecular flexibility index (Phi) is 3.00. The van der Waals surface area contributed by atoms with Gasteiger partial charge in [0.25, 0.3) is 0 Å². The van der Waals surface area contributed by atoms with Crippen molar-refractivity contribution in [3.05, 3.63) is 53.0 Å². The summed E-state index contributed by atoms with van der Waals surface area (Å²) in [5.74, 6) is 0.204. The van der Waals surface area contributed by atoms with Gasteiger partial charge >= 0.3 is 0 Å². The molecular weight excluding hydrogens is 308 g/mol. The summed E-state index contributed by atoms with van der Waals surface area (Å²) < 4.78 is 2.37. The molecule has 0 aliphatic carbocycles. The lowest BCUT2D eigenvalue weighted by Crippen LogP contribution is -1.90. The number of hydrogen-bond acceptors (Lipinski definition) is 4. The number of halogens is 1. The van der Waals surface area contributed by atoms with Gasteiger partial charge in [0.05, 0.1) is 6.21 Å². The summed E-state index contributed by atoms with van der Waals surface area (Å²) >= 11 is 3.50. The van der Waals surface area contributed by atoms with E-state index in [-0.39, 0.29) is 5.75 Å². The molecule has 6 heteroatoms. The van der Waals surface area contributed by atoms with E-state index in [1.54, 1.807) is 6.21 Å². The molecule has 0 spiro atoms. The van der Waals surface area contributed by atoms with Gasteiger partial charge in [-0.2, -0.15) is 5.10 Å². The normalized spacial score (nSPS) is 11.4. The van der Waals surface area contributed by atoms with Gasteiger partial charge < -0.3 is 5.11 Å². The van der Waals surface area contributed by atoms with Crippen molar-refractivity contribution in [2.75, 3.05) is 0 Å². The van der Waals surface area contributed by atoms with Crippen LogP contribution in [0.2, 0.25) is 0 Å². The second-order valence-corrected chi connectivity index (χ2v) is 4.78. The van der Waals surface area contributed by atoms with Crippen LogP contribution < -0.4 is 0 Å². The molecule has 0 fully saturated rings. The van der Waals surface area contributed by atoms with Crippen LogP contribution in [0, 0.1) is 0 Å². The van der Waals surface area contributed by atoms with Crippen LogP contribution in [-0.2, 0) is 0 Å². The zero-order chi connectivity index (χ0) is 13.2. The van der Waals surface area contributed by atoms with Crippen molar-refractivity contribution in [3.8, 4) is 5.75 Å². The number of fused-ring (bicyclic) bond motifs is 1. The smallest absolute Gasteiger partial charge is 0.141 e. The molecule has 0 unspecified atom stereocenters. The van der Waals surface area contributed by atoms with Gasteiger partial charge in [0, 0.05) is 15.4 Å². The maximum atomic E-state index is 10.2. The first-order chi connectivity index (χ1) is 9.25. The number of aromatic nitrogens is 3. The third-order valence-electron chi connectivity index (χ3n) is 2.73. The van der Waals surface area contributed by atoms with Gasteiger partial charge in [-0.3, -0.25) is 0 Å². The first-order valence-corrected chi connectivity index (χ1v) is 6.34. The molecule has 0 atom stereocenters. The van der Waals surface area contributed by atoms with E-state index in [1.165, 1.54) is 17.3 Å². The van der Waals surface area contributed by atoms with Crippen LogP contribution in [-0.4, -0.2) is 26.2 Å². The van der Waals surface area contributed by atoms with Crippen LogP contribution >= 0.6 is 15.9 Å². The summed E-state index contributed by atoms with van der Waals surface area (Å²) in [6, 6.07) is 9.45. The quantitative estimate of drug-likeness (QED) is 0.739. The Hall–Kier alpha value is -2.21. The van der Waals surface area contributed by atoms with Crippen molar-refractivity contribution in [3.63, 3.8) is 0 Å². The highest BCUT2D eigenvalue weighted by Gasteiger charge is 2.08. The van der Waals surface area contributed by atoms with Gasteiger partial charge in [0.2, 0.25) is 0 Å². The summed E-state index contributed by atoms with van der Waals surface area (Å²) in [6.45, 7) is 0. The fraction of sp³-hybridized carbons (Fsp3) is 0. The molecule has 1 aromatic heterocycles. The molecule has 1 N–H and O–H groups in total. The number of phenolic OH excluding ortho intramolecular Hbond substituents is 1. The lowest BCUT2D eigenvalue weighted by molar-refractivity contribution is 0.480. The third-order valence-corrected chi connectivity index (χ3v) is 3.39. The highest BCUT2D eigenvalue weighted by molar-refractivity contribution is 9.10. The molecule has 0 amide bonds. The number of hydrogen-bond donors (Lipinski definition) is 1. The predicted octanol–water partition coefficient (Wildman–Crippen LogP) is 2.78. The maximum absolute atomic E-state index is 10.2. The second-order valence-electron chi connectivity index (χ2n) is 3.93. The molecule has 0 saturated heterocycles. The molecule has 2 aromatic carbocycles. The predicted molar refractivity (Wildman–Crippen MR) is 76.3 cm³/mol. The average molecular weight is 317 g/mol. The number of phenols is 1. The molecule has 5 nitrogen and oxygen atoms in total. The van der Waals surface area contributed by atoms with Crippen molar-refractivity contribution in [1.82, 2.24) is 14.9 Å². The molecule has 3 aromatic rings. The Morgan fingerprint density at radius 3 is 2.58 bits per heavy atom. The van der Waals surface area contributed by atoms with E-state index in [1.807, 2.05) is 30.3 Å². The van der Waals surface area contributed by atoms with Crippen LogP contribution in [0.15, 0.2) is 52.6 Å². The summed E-state index contributed by atoms with van der Waals surface area (Å²) in [6.07, 6.45) is 4.52. The summed E-state index contributed by atoms with van der Waals surface area (Å²) in [5.41, 5.74) is 0.624. The molecule has 3 rings (SSSR count). The van der Waals surface area contributed by atoms with Crippen molar-refractivity contribution in [1.29, 1.82) is 0 Å². The standard InChI is InChI=1S/C13H9BrN4O/c14-12-5-9(6-17-18-7-15-16-8-18)13(19)11-4-2-1-3-10(11)12/h1-8,19H. The maximum Gasteiger partial charge on any atom is 0.141 e.